The predicted octanol–water partition coefficient (Wildman–Crippen LogP) is 6.11. The Kier molecular flexibility index (Phi) is 6.97. The Hall–Kier alpha value is -2.94. The Morgan fingerprint density at radius 1 is 0.970 bits per heavy atom. The summed E-state index contributed by atoms with van der Waals surface area (Å²) in [5.74, 6) is -1.08. The highest BCUT2D eigenvalue weighted by atomic mass is 79.9. The Labute approximate surface area is 211 Å². The van der Waals surface area contributed by atoms with Gasteiger partial charge in [-0.2, -0.15) is 0 Å². The van der Waals surface area contributed by atoms with E-state index in [1.165, 1.54) is 6.08 Å². The molecule has 3 aromatic rings. The number of nitrogens with one attached hydrogen (secondary N) is 1. The Morgan fingerprint density at radius 2 is 1.67 bits per heavy atom. The molecule has 1 aliphatic heterocycles. The number of halogens is 3. The number of carbonyl (C=O) groups excluding carboxylic acids is 3. The van der Waals surface area contributed by atoms with Gasteiger partial charge in [0.15, 0.2) is 5.75 Å². The molecule has 9 heteroatoms. The fourth-order valence-electron chi connectivity index (χ4n) is 3.18. The molecule has 3 aromatic carbocycles. The first-order valence-corrected chi connectivity index (χ1v) is 11.6. The van der Waals surface area contributed by atoms with Gasteiger partial charge in [-0.1, -0.05) is 57.9 Å². The van der Waals surface area contributed by atoms with E-state index in [4.69, 9.17) is 16.3 Å². The number of rotatable bonds is 5. The minimum atomic E-state index is -0.812. The molecule has 1 heterocycles. The first kappa shape index (κ1) is 23.2. The maximum Gasteiger partial charge on any atom is 0.335 e. The first-order valence-electron chi connectivity index (χ1n) is 9.66. The van der Waals surface area contributed by atoms with Crippen LogP contribution in [0.1, 0.15) is 11.1 Å². The van der Waals surface area contributed by atoms with E-state index < -0.39 is 17.8 Å². The minimum Gasteiger partial charge on any atom is -0.486 e. The summed E-state index contributed by atoms with van der Waals surface area (Å²) < 4.78 is 7.18. The van der Waals surface area contributed by atoms with Crippen molar-refractivity contribution in [1.82, 2.24) is 5.32 Å². The molecule has 1 N–H and O–H groups in total. The molecule has 0 aliphatic carbocycles. The van der Waals surface area contributed by atoms with Crippen molar-refractivity contribution >= 4 is 73.1 Å². The molecule has 166 valence electrons. The number of nitrogens with zero attached hydrogens (tertiary/aromatic N) is 1. The number of ether oxygens (including phenoxy) is 1. The summed E-state index contributed by atoms with van der Waals surface area (Å²) in [5, 5.41) is 2.50. The number of amides is 4. The van der Waals surface area contributed by atoms with Crippen molar-refractivity contribution in [3.05, 3.63) is 97.4 Å². The molecule has 0 spiro atoms. The third-order valence-corrected chi connectivity index (χ3v) is 6.14. The summed E-state index contributed by atoms with van der Waals surface area (Å²) in [5.41, 5.74) is 1.61. The number of carbonyl (C=O) groups is 3. The summed E-state index contributed by atoms with van der Waals surface area (Å²) >= 11 is 13.2. The summed E-state index contributed by atoms with van der Waals surface area (Å²) in [4.78, 5) is 38.7. The lowest BCUT2D eigenvalue weighted by molar-refractivity contribution is -0.122. The standard InChI is InChI=1S/C24H15Br2ClN2O4/c25-16-6-8-17(9-7-16)29-23(31)18(22(30)28-24(29)32)10-15-11-19(26)21(20(27)12-15)33-13-14-4-2-1-3-5-14/h1-12H,13H2,(H,28,30,32)/b18-10+. The van der Waals surface area contributed by atoms with Crippen molar-refractivity contribution in [3.63, 3.8) is 0 Å². The molecular weight excluding hydrogens is 576 g/mol. The first-order chi connectivity index (χ1) is 15.8. The average molecular weight is 591 g/mol. The van der Waals surface area contributed by atoms with Gasteiger partial charge in [-0.3, -0.25) is 14.9 Å². The zero-order chi connectivity index (χ0) is 23.5. The van der Waals surface area contributed by atoms with Gasteiger partial charge in [-0.15, -0.1) is 0 Å². The Morgan fingerprint density at radius 3 is 2.33 bits per heavy atom. The third kappa shape index (κ3) is 5.19. The molecule has 4 rings (SSSR count). The van der Waals surface area contributed by atoms with E-state index in [-0.39, 0.29) is 5.57 Å². The number of hydrogen-bond acceptors (Lipinski definition) is 4. The molecule has 1 saturated heterocycles. The second kappa shape index (κ2) is 9.91. The van der Waals surface area contributed by atoms with Crippen molar-refractivity contribution in [2.45, 2.75) is 6.61 Å². The molecule has 0 bridgehead atoms. The normalized spacial score (nSPS) is 15.1. The lowest BCUT2D eigenvalue weighted by Crippen LogP contribution is -2.54. The van der Waals surface area contributed by atoms with Gasteiger partial charge in [0, 0.05) is 4.47 Å². The lowest BCUT2D eigenvalue weighted by Gasteiger charge is -2.26. The van der Waals surface area contributed by atoms with Crippen LogP contribution in [-0.2, 0) is 16.2 Å². The number of hydrogen-bond donors (Lipinski definition) is 1. The van der Waals surface area contributed by atoms with Crippen LogP contribution in [0.5, 0.6) is 5.75 Å². The van der Waals surface area contributed by atoms with Crippen LogP contribution in [0.4, 0.5) is 10.5 Å². The number of imide groups is 2. The molecule has 4 amide bonds. The smallest absolute Gasteiger partial charge is 0.335 e. The largest absolute Gasteiger partial charge is 0.486 e. The van der Waals surface area contributed by atoms with Crippen LogP contribution < -0.4 is 15.0 Å². The van der Waals surface area contributed by atoms with Crippen LogP contribution in [0, 0.1) is 0 Å². The Bertz CT molecular complexity index is 1250. The maximum atomic E-state index is 13.0. The van der Waals surface area contributed by atoms with E-state index in [9.17, 15) is 14.4 Å². The van der Waals surface area contributed by atoms with Crippen molar-refractivity contribution in [2.24, 2.45) is 0 Å². The molecule has 1 aliphatic rings. The van der Waals surface area contributed by atoms with Crippen molar-refractivity contribution in [1.29, 1.82) is 0 Å². The highest BCUT2D eigenvalue weighted by Crippen LogP contribution is 2.36. The van der Waals surface area contributed by atoms with Crippen molar-refractivity contribution in [2.75, 3.05) is 4.90 Å². The molecule has 0 saturated carbocycles. The third-order valence-electron chi connectivity index (χ3n) is 4.74. The number of benzene rings is 3. The van der Waals surface area contributed by atoms with E-state index >= 15 is 0 Å². The van der Waals surface area contributed by atoms with E-state index in [0.29, 0.717) is 33.1 Å². The van der Waals surface area contributed by atoms with Gasteiger partial charge in [-0.25, -0.2) is 9.69 Å². The van der Waals surface area contributed by atoms with E-state index in [2.05, 4.69) is 37.2 Å². The molecule has 1 fully saturated rings. The van der Waals surface area contributed by atoms with Gasteiger partial charge in [-0.05, 0) is 69.5 Å². The second-order valence-corrected chi connectivity index (χ2v) is 9.20. The SMILES string of the molecule is O=C1NC(=O)N(c2ccc(Br)cc2)C(=O)/C1=C/c1cc(Cl)c(OCc2ccccc2)c(Br)c1. The van der Waals surface area contributed by atoms with Gasteiger partial charge in [0.25, 0.3) is 11.8 Å². The van der Waals surface area contributed by atoms with Gasteiger partial charge < -0.3 is 4.74 Å². The fourth-order valence-corrected chi connectivity index (χ4v) is 4.43. The van der Waals surface area contributed by atoms with Crippen molar-refractivity contribution in [3.8, 4) is 5.75 Å². The van der Waals surface area contributed by atoms with Crippen LogP contribution in [-0.4, -0.2) is 17.8 Å². The second-order valence-electron chi connectivity index (χ2n) is 7.02. The van der Waals surface area contributed by atoms with E-state index in [1.807, 2.05) is 30.3 Å². The summed E-state index contributed by atoms with van der Waals surface area (Å²) in [6.45, 7) is 0.324. The highest BCUT2D eigenvalue weighted by Gasteiger charge is 2.36. The highest BCUT2D eigenvalue weighted by molar-refractivity contribution is 9.10. The monoisotopic (exact) mass is 588 g/mol. The zero-order valence-corrected chi connectivity index (χ0v) is 20.8. The lowest BCUT2D eigenvalue weighted by atomic mass is 10.1. The minimum absolute atomic E-state index is 0.196. The molecular formula is C24H15Br2ClN2O4. The topological polar surface area (TPSA) is 75.7 Å². The number of barbiturate groups is 1. The fraction of sp³-hybridized carbons (Fsp3) is 0.0417. The molecule has 0 atom stereocenters. The summed E-state index contributed by atoms with van der Waals surface area (Å²) in [7, 11) is 0. The average Bonchev–Trinajstić information content (AvgIpc) is 2.78. The van der Waals surface area contributed by atoms with Gasteiger partial charge in [0.05, 0.1) is 15.2 Å². The summed E-state index contributed by atoms with van der Waals surface area (Å²) in [6, 6.07) is 18.7. The quantitative estimate of drug-likeness (QED) is 0.288. The van der Waals surface area contributed by atoms with Gasteiger partial charge >= 0.3 is 6.03 Å². The van der Waals surface area contributed by atoms with Gasteiger partial charge in [0.1, 0.15) is 12.2 Å². The molecule has 33 heavy (non-hydrogen) atoms. The van der Waals surface area contributed by atoms with Crippen LogP contribution in [0.15, 0.2) is 81.2 Å². The van der Waals surface area contributed by atoms with E-state index in [1.54, 1.807) is 36.4 Å². The number of urea groups is 1. The predicted molar refractivity (Wildman–Crippen MR) is 133 cm³/mol. The zero-order valence-electron chi connectivity index (χ0n) is 16.8. The van der Waals surface area contributed by atoms with Crippen LogP contribution >= 0.6 is 43.5 Å². The van der Waals surface area contributed by atoms with Crippen LogP contribution in [0.2, 0.25) is 5.02 Å². The molecule has 6 nitrogen and oxygen atoms in total. The van der Waals surface area contributed by atoms with Crippen molar-refractivity contribution < 1.29 is 19.1 Å². The van der Waals surface area contributed by atoms with Gasteiger partial charge in [0.2, 0.25) is 0 Å². The van der Waals surface area contributed by atoms with E-state index in [0.717, 1.165) is 14.9 Å². The summed E-state index contributed by atoms with van der Waals surface area (Å²) in [6.07, 6.45) is 1.38. The number of anilines is 1. The molecule has 0 aromatic heterocycles. The molecule has 0 unspecified atom stereocenters. The van der Waals surface area contributed by atoms with Crippen LogP contribution in [0.3, 0.4) is 0 Å². The maximum absolute atomic E-state index is 13.0. The molecule has 0 radical (unpaired) electrons. The van der Waals surface area contributed by atoms with Crippen LogP contribution in [0.25, 0.3) is 6.08 Å². The Balaban J connectivity index is 1.61.